The quantitative estimate of drug-likeness (QED) is 0.354. The van der Waals surface area contributed by atoms with E-state index in [0.717, 1.165) is 12.1 Å². The molecule has 1 aromatic heterocycles. The standard InChI is InChI=1S/C24H17F5N4O2/c1-14-11-17(35-13-15-5-4-6-16(25)12-15)9-10-19(14)30-23(34)21-22(24(27,28)29)33(32-31-21)20-8-3-2-7-18(20)26/h2-12H,13H2,1H3,(H,30,34). The topological polar surface area (TPSA) is 69.0 Å². The van der Waals surface area contributed by atoms with Crippen LogP contribution in [0.15, 0.2) is 66.7 Å². The number of alkyl halides is 3. The Morgan fingerprint density at radius 2 is 1.80 bits per heavy atom. The van der Waals surface area contributed by atoms with Gasteiger partial charge in [0.05, 0.1) is 0 Å². The summed E-state index contributed by atoms with van der Waals surface area (Å²) in [5, 5.41) is 9.12. The fourth-order valence-electron chi connectivity index (χ4n) is 3.32. The average molecular weight is 488 g/mol. The van der Waals surface area contributed by atoms with Crippen molar-refractivity contribution in [1.29, 1.82) is 0 Å². The van der Waals surface area contributed by atoms with Gasteiger partial charge in [0, 0.05) is 5.69 Å². The molecule has 1 heterocycles. The highest BCUT2D eigenvalue weighted by atomic mass is 19.4. The van der Waals surface area contributed by atoms with Crippen molar-refractivity contribution in [3.8, 4) is 11.4 Å². The molecule has 0 atom stereocenters. The van der Waals surface area contributed by atoms with Crippen LogP contribution in [0.3, 0.4) is 0 Å². The van der Waals surface area contributed by atoms with Crippen molar-refractivity contribution in [2.45, 2.75) is 19.7 Å². The van der Waals surface area contributed by atoms with Crippen LogP contribution < -0.4 is 10.1 Å². The van der Waals surface area contributed by atoms with Crippen molar-refractivity contribution in [2.24, 2.45) is 0 Å². The fourth-order valence-corrected chi connectivity index (χ4v) is 3.32. The third-order valence-corrected chi connectivity index (χ3v) is 4.98. The molecule has 0 spiro atoms. The summed E-state index contributed by atoms with van der Waals surface area (Å²) in [6.45, 7) is 1.71. The van der Waals surface area contributed by atoms with E-state index >= 15 is 0 Å². The first-order valence-electron chi connectivity index (χ1n) is 10.2. The van der Waals surface area contributed by atoms with E-state index in [0.29, 0.717) is 16.9 Å². The molecule has 0 radical (unpaired) electrons. The minimum Gasteiger partial charge on any atom is -0.489 e. The van der Waals surface area contributed by atoms with E-state index in [1.165, 1.54) is 36.4 Å². The van der Waals surface area contributed by atoms with E-state index in [-0.39, 0.29) is 17.0 Å². The molecule has 0 fully saturated rings. The number of carbonyl (C=O) groups excluding carboxylic acids is 1. The highest BCUT2D eigenvalue weighted by Gasteiger charge is 2.42. The predicted molar refractivity (Wildman–Crippen MR) is 116 cm³/mol. The number of hydrogen-bond acceptors (Lipinski definition) is 4. The summed E-state index contributed by atoms with van der Waals surface area (Å²) in [6, 6.07) is 15.1. The van der Waals surface area contributed by atoms with Crippen LogP contribution in [0.5, 0.6) is 5.75 Å². The Morgan fingerprint density at radius 3 is 2.49 bits per heavy atom. The van der Waals surface area contributed by atoms with Gasteiger partial charge in [0.1, 0.15) is 29.7 Å². The third kappa shape index (κ3) is 5.29. The lowest BCUT2D eigenvalue weighted by Crippen LogP contribution is -2.21. The molecule has 0 aliphatic carbocycles. The van der Waals surface area contributed by atoms with Crippen molar-refractivity contribution >= 4 is 11.6 Å². The maximum Gasteiger partial charge on any atom is 0.435 e. The van der Waals surface area contributed by atoms with Crippen LogP contribution in [0, 0.1) is 18.6 Å². The monoisotopic (exact) mass is 488 g/mol. The first-order valence-corrected chi connectivity index (χ1v) is 10.2. The molecule has 180 valence electrons. The molecule has 0 saturated heterocycles. The summed E-state index contributed by atoms with van der Waals surface area (Å²) in [5.41, 5.74) is -1.70. The van der Waals surface area contributed by atoms with Crippen LogP contribution in [0.1, 0.15) is 27.3 Å². The lowest BCUT2D eigenvalue weighted by molar-refractivity contribution is -0.143. The molecule has 4 rings (SSSR count). The number of amides is 1. The van der Waals surface area contributed by atoms with Crippen LogP contribution in [0.25, 0.3) is 5.69 Å². The maximum atomic E-state index is 14.1. The SMILES string of the molecule is Cc1cc(OCc2cccc(F)c2)ccc1NC(=O)c1nnn(-c2ccccc2F)c1C(F)(F)F. The van der Waals surface area contributed by atoms with E-state index in [2.05, 4.69) is 15.6 Å². The number of nitrogens with one attached hydrogen (secondary N) is 1. The number of ether oxygens (including phenoxy) is 1. The minimum atomic E-state index is -5.04. The zero-order chi connectivity index (χ0) is 25.2. The lowest BCUT2D eigenvalue weighted by atomic mass is 10.1. The molecule has 4 aromatic rings. The molecule has 0 aliphatic rings. The summed E-state index contributed by atoms with van der Waals surface area (Å²) in [4.78, 5) is 12.7. The summed E-state index contributed by atoms with van der Waals surface area (Å²) in [5.74, 6) is -2.12. The zero-order valence-electron chi connectivity index (χ0n) is 18.1. The van der Waals surface area contributed by atoms with Gasteiger partial charge < -0.3 is 10.1 Å². The molecular weight excluding hydrogens is 471 g/mol. The number of rotatable bonds is 6. The van der Waals surface area contributed by atoms with Gasteiger partial charge in [-0.15, -0.1) is 5.10 Å². The Kier molecular flexibility index (Phi) is 6.50. The van der Waals surface area contributed by atoms with Crippen molar-refractivity contribution in [3.05, 3.63) is 101 Å². The largest absolute Gasteiger partial charge is 0.489 e. The van der Waals surface area contributed by atoms with E-state index in [4.69, 9.17) is 4.74 Å². The highest BCUT2D eigenvalue weighted by Crippen LogP contribution is 2.34. The second kappa shape index (κ2) is 9.53. The van der Waals surface area contributed by atoms with Gasteiger partial charge in [0.2, 0.25) is 0 Å². The van der Waals surface area contributed by atoms with Crippen LogP contribution in [-0.2, 0) is 12.8 Å². The molecule has 1 N–H and O–H groups in total. The molecule has 0 bridgehead atoms. The number of carbonyl (C=O) groups is 1. The number of aryl methyl sites for hydroxylation is 1. The molecule has 11 heteroatoms. The van der Waals surface area contributed by atoms with Gasteiger partial charge in [-0.1, -0.05) is 29.5 Å². The zero-order valence-corrected chi connectivity index (χ0v) is 18.1. The van der Waals surface area contributed by atoms with Crippen molar-refractivity contribution in [3.63, 3.8) is 0 Å². The highest BCUT2D eigenvalue weighted by molar-refractivity contribution is 6.04. The van der Waals surface area contributed by atoms with Crippen molar-refractivity contribution in [1.82, 2.24) is 15.0 Å². The molecule has 0 saturated carbocycles. The van der Waals surface area contributed by atoms with Gasteiger partial charge >= 0.3 is 6.18 Å². The molecule has 6 nitrogen and oxygen atoms in total. The van der Waals surface area contributed by atoms with Gasteiger partial charge in [-0.3, -0.25) is 4.79 Å². The lowest BCUT2D eigenvalue weighted by Gasteiger charge is -2.13. The average Bonchev–Trinajstić information content (AvgIpc) is 3.25. The van der Waals surface area contributed by atoms with Crippen molar-refractivity contribution < 1.29 is 31.5 Å². The number of anilines is 1. The third-order valence-electron chi connectivity index (χ3n) is 4.98. The number of hydrogen-bond donors (Lipinski definition) is 1. The summed E-state index contributed by atoms with van der Waals surface area (Å²) in [6.07, 6.45) is -5.04. The summed E-state index contributed by atoms with van der Waals surface area (Å²) >= 11 is 0. The Bertz CT molecular complexity index is 1380. The van der Waals surface area contributed by atoms with Crippen LogP contribution in [0.2, 0.25) is 0 Å². The first-order chi connectivity index (χ1) is 16.6. The summed E-state index contributed by atoms with van der Waals surface area (Å²) in [7, 11) is 0. The number of para-hydroxylation sites is 1. The van der Waals surface area contributed by atoms with E-state index < -0.39 is 40.8 Å². The minimum absolute atomic E-state index is 0.0942. The molecule has 35 heavy (non-hydrogen) atoms. The molecule has 1 amide bonds. The van der Waals surface area contributed by atoms with E-state index in [1.807, 2.05) is 0 Å². The number of benzene rings is 3. The first kappa shape index (κ1) is 23.9. The number of halogens is 5. The van der Waals surface area contributed by atoms with E-state index in [9.17, 15) is 26.7 Å². The predicted octanol–water partition coefficient (Wildman–Crippen LogP) is 5.70. The maximum absolute atomic E-state index is 14.1. The van der Waals surface area contributed by atoms with Crippen LogP contribution >= 0.6 is 0 Å². The number of aromatic nitrogens is 3. The van der Waals surface area contributed by atoms with Gasteiger partial charge in [-0.25, -0.2) is 13.5 Å². The fraction of sp³-hybridized carbons (Fsp3) is 0.125. The van der Waals surface area contributed by atoms with Crippen LogP contribution in [0.4, 0.5) is 27.6 Å². The van der Waals surface area contributed by atoms with Gasteiger partial charge in [-0.2, -0.15) is 13.2 Å². The molecule has 0 unspecified atom stereocenters. The van der Waals surface area contributed by atoms with E-state index in [1.54, 1.807) is 25.1 Å². The van der Waals surface area contributed by atoms with Gasteiger partial charge in [0.15, 0.2) is 11.4 Å². The second-order valence-electron chi connectivity index (χ2n) is 7.50. The Morgan fingerprint density at radius 1 is 1.03 bits per heavy atom. The Balaban J connectivity index is 1.55. The molecule has 0 aliphatic heterocycles. The normalized spacial score (nSPS) is 11.4. The Hall–Kier alpha value is -4.28. The van der Waals surface area contributed by atoms with Crippen molar-refractivity contribution in [2.75, 3.05) is 5.32 Å². The van der Waals surface area contributed by atoms with Crippen LogP contribution in [-0.4, -0.2) is 20.9 Å². The van der Waals surface area contributed by atoms with Gasteiger partial charge in [-0.05, 0) is 60.5 Å². The number of nitrogens with zero attached hydrogens (tertiary/aromatic N) is 3. The smallest absolute Gasteiger partial charge is 0.435 e. The van der Waals surface area contributed by atoms with Gasteiger partial charge in [0.25, 0.3) is 5.91 Å². The molecular formula is C24H17F5N4O2. The molecule has 3 aromatic carbocycles. The second-order valence-corrected chi connectivity index (χ2v) is 7.50. The summed E-state index contributed by atoms with van der Waals surface area (Å²) < 4.78 is 74.6. The Labute approximate surface area is 196 Å².